The molecule has 2 N–H and O–H groups in total. The van der Waals surface area contributed by atoms with Crippen LogP contribution in [-0.4, -0.2) is 47.6 Å². The van der Waals surface area contributed by atoms with Gasteiger partial charge in [-0.15, -0.1) is 0 Å². The minimum absolute atomic E-state index is 0.0726. The predicted molar refractivity (Wildman–Crippen MR) is 76.1 cm³/mol. The Balaban J connectivity index is 2.16. The molecule has 0 unspecified atom stereocenters. The Labute approximate surface area is 119 Å². The second-order valence-corrected chi connectivity index (χ2v) is 5.26. The van der Waals surface area contributed by atoms with Gasteiger partial charge in [0, 0.05) is 18.3 Å². The molecule has 1 saturated heterocycles. The molecule has 1 aromatic heterocycles. The van der Waals surface area contributed by atoms with Crippen molar-refractivity contribution in [3.05, 3.63) is 29.6 Å². The molecule has 0 spiro atoms. The number of carbonyl (C=O) groups excluding carboxylic acids is 1. The summed E-state index contributed by atoms with van der Waals surface area (Å²) in [4.78, 5) is 18.5. The number of hydrogen-bond donors (Lipinski definition) is 1. The molecule has 2 heterocycles. The molecule has 0 saturated carbocycles. The van der Waals surface area contributed by atoms with E-state index in [4.69, 9.17) is 10.5 Å². The zero-order valence-corrected chi connectivity index (χ0v) is 11.8. The Morgan fingerprint density at radius 3 is 2.95 bits per heavy atom. The fourth-order valence-corrected chi connectivity index (χ4v) is 2.12. The summed E-state index contributed by atoms with van der Waals surface area (Å²) in [6, 6.07) is 3.49. The average molecular weight is 273 g/mol. The molecule has 5 heteroatoms. The summed E-state index contributed by atoms with van der Waals surface area (Å²) < 4.78 is 5.42. The summed E-state index contributed by atoms with van der Waals surface area (Å²) in [5.74, 6) is 5.57. The molecule has 0 radical (unpaired) electrons. The van der Waals surface area contributed by atoms with Gasteiger partial charge in [0.1, 0.15) is 5.69 Å². The van der Waals surface area contributed by atoms with Crippen LogP contribution in [-0.2, 0) is 4.74 Å². The zero-order chi connectivity index (χ0) is 14.6. The van der Waals surface area contributed by atoms with E-state index in [0.29, 0.717) is 32.0 Å². The normalized spacial score (nSPS) is 17.2. The summed E-state index contributed by atoms with van der Waals surface area (Å²) in [6.45, 7) is 5.98. The minimum atomic E-state index is -0.310. The Morgan fingerprint density at radius 1 is 1.55 bits per heavy atom. The monoisotopic (exact) mass is 273 g/mol. The van der Waals surface area contributed by atoms with Crippen LogP contribution in [0.5, 0.6) is 0 Å². The van der Waals surface area contributed by atoms with Crippen LogP contribution in [0.4, 0.5) is 0 Å². The largest absolute Gasteiger partial charge is 0.377 e. The molecule has 0 bridgehead atoms. The van der Waals surface area contributed by atoms with Gasteiger partial charge in [0.15, 0.2) is 0 Å². The molecule has 1 aliphatic rings. The molecular weight excluding hydrogens is 254 g/mol. The lowest BCUT2D eigenvalue weighted by atomic mass is 10.0. The third kappa shape index (κ3) is 3.16. The van der Waals surface area contributed by atoms with E-state index in [1.165, 1.54) is 0 Å². The lowest BCUT2D eigenvalue weighted by Crippen LogP contribution is -2.55. The molecular formula is C15H19N3O2. The quantitative estimate of drug-likeness (QED) is 0.763. The van der Waals surface area contributed by atoms with Crippen molar-refractivity contribution in [1.82, 2.24) is 9.88 Å². The first-order chi connectivity index (χ1) is 9.54. The van der Waals surface area contributed by atoms with Gasteiger partial charge in [0.2, 0.25) is 0 Å². The number of nitrogens with zero attached hydrogens (tertiary/aromatic N) is 2. The molecule has 20 heavy (non-hydrogen) atoms. The van der Waals surface area contributed by atoms with Crippen molar-refractivity contribution < 1.29 is 9.53 Å². The van der Waals surface area contributed by atoms with Crippen LogP contribution >= 0.6 is 0 Å². The number of pyridine rings is 1. The van der Waals surface area contributed by atoms with E-state index in [-0.39, 0.29) is 11.4 Å². The molecule has 1 amide bonds. The highest BCUT2D eigenvalue weighted by molar-refractivity contribution is 5.93. The van der Waals surface area contributed by atoms with Crippen LogP contribution in [0.15, 0.2) is 18.3 Å². The number of ether oxygens (including phenoxy) is 1. The number of aromatic nitrogens is 1. The Morgan fingerprint density at radius 2 is 2.35 bits per heavy atom. The number of morpholine rings is 1. The molecule has 0 atom stereocenters. The van der Waals surface area contributed by atoms with Crippen LogP contribution in [0.3, 0.4) is 0 Å². The molecule has 1 aliphatic heterocycles. The summed E-state index contributed by atoms with van der Waals surface area (Å²) >= 11 is 0. The molecule has 1 fully saturated rings. The van der Waals surface area contributed by atoms with Gasteiger partial charge in [0.05, 0.1) is 25.3 Å². The third-order valence-corrected chi connectivity index (χ3v) is 3.21. The molecule has 0 aliphatic carbocycles. The topological polar surface area (TPSA) is 68.5 Å². The van der Waals surface area contributed by atoms with Crippen molar-refractivity contribution >= 4 is 5.91 Å². The Hall–Kier alpha value is -1.90. The first kappa shape index (κ1) is 14.5. The summed E-state index contributed by atoms with van der Waals surface area (Å²) in [5, 5.41) is 0. The fourth-order valence-electron chi connectivity index (χ4n) is 2.12. The van der Waals surface area contributed by atoms with Gasteiger partial charge in [-0.3, -0.25) is 4.79 Å². The summed E-state index contributed by atoms with van der Waals surface area (Å²) in [7, 11) is 0. The maximum Gasteiger partial charge on any atom is 0.273 e. The van der Waals surface area contributed by atoms with E-state index in [2.05, 4.69) is 16.8 Å². The zero-order valence-electron chi connectivity index (χ0n) is 11.8. The molecule has 5 nitrogen and oxygen atoms in total. The number of rotatable bonds is 1. The highest BCUT2D eigenvalue weighted by Gasteiger charge is 2.34. The van der Waals surface area contributed by atoms with Gasteiger partial charge in [-0.2, -0.15) is 0 Å². The molecule has 106 valence electrons. The number of carbonyl (C=O) groups is 1. The van der Waals surface area contributed by atoms with E-state index < -0.39 is 0 Å². The first-order valence-electron chi connectivity index (χ1n) is 6.59. The van der Waals surface area contributed by atoms with Crippen molar-refractivity contribution in [2.24, 2.45) is 5.73 Å². The van der Waals surface area contributed by atoms with E-state index >= 15 is 0 Å². The van der Waals surface area contributed by atoms with Crippen LogP contribution in [0.1, 0.15) is 29.9 Å². The van der Waals surface area contributed by atoms with E-state index in [1.807, 2.05) is 18.7 Å². The SMILES string of the molecule is CC1(C)COCCN1C(=O)c1ccc(C#CCN)cn1. The van der Waals surface area contributed by atoms with Crippen LogP contribution in [0, 0.1) is 11.8 Å². The van der Waals surface area contributed by atoms with Gasteiger partial charge in [-0.05, 0) is 26.0 Å². The van der Waals surface area contributed by atoms with Crippen molar-refractivity contribution in [3.63, 3.8) is 0 Å². The van der Waals surface area contributed by atoms with E-state index in [1.54, 1.807) is 18.3 Å². The van der Waals surface area contributed by atoms with Gasteiger partial charge < -0.3 is 15.4 Å². The molecule has 2 rings (SSSR count). The predicted octanol–water partition coefficient (Wildman–Crippen LogP) is 0.643. The summed E-state index contributed by atoms with van der Waals surface area (Å²) in [5.41, 5.74) is 6.19. The smallest absolute Gasteiger partial charge is 0.273 e. The van der Waals surface area contributed by atoms with Crippen LogP contribution < -0.4 is 5.73 Å². The lowest BCUT2D eigenvalue weighted by molar-refractivity contribution is -0.0373. The highest BCUT2D eigenvalue weighted by atomic mass is 16.5. The van der Waals surface area contributed by atoms with Crippen molar-refractivity contribution in [3.8, 4) is 11.8 Å². The maximum atomic E-state index is 12.5. The second kappa shape index (κ2) is 6.04. The number of amides is 1. The Kier molecular flexibility index (Phi) is 4.38. The van der Waals surface area contributed by atoms with Gasteiger partial charge in [-0.1, -0.05) is 11.8 Å². The molecule has 1 aromatic rings. The van der Waals surface area contributed by atoms with Crippen molar-refractivity contribution in [1.29, 1.82) is 0 Å². The lowest BCUT2D eigenvalue weighted by Gasteiger charge is -2.41. The number of nitrogens with two attached hydrogens (primary N) is 1. The minimum Gasteiger partial charge on any atom is -0.377 e. The maximum absolute atomic E-state index is 12.5. The van der Waals surface area contributed by atoms with Gasteiger partial charge in [-0.25, -0.2) is 4.98 Å². The number of hydrogen-bond acceptors (Lipinski definition) is 4. The van der Waals surface area contributed by atoms with E-state index in [9.17, 15) is 4.79 Å². The van der Waals surface area contributed by atoms with Gasteiger partial charge >= 0.3 is 0 Å². The fraction of sp³-hybridized carbons (Fsp3) is 0.467. The highest BCUT2D eigenvalue weighted by Crippen LogP contribution is 2.21. The van der Waals surface area contributed by atoms with Crippen LogP contribution in [0.2, 0.25) is 0 Å². The summed E-state index contributed by atoms with van der Waals surface area (Å²) in [6.07, 6.45) is 1.60. The standard InChI is InChI=1S/C15H19N3O2/c1-15(2)11-20-9-8-18(15)14(19)13-6-5-12(10-17-13)4-3-7-16/h5-6,10H,7-9,11,16H2,1-2H3. The van der Waals surface area contributed by atoms with Crippen molar-refractivity contribution in [2.45, 2.75) is 19.4 Å². The molecule has 0 aromatic carbocycles. The van der Waals surface area contributed by atoms with Crippen LogP contribution in [0.25, 0.3) is 0 Å². The third-order valence-electron chi connectivity index (χ3n) is 3.21. The van der Waals surface area contributed by atoms with Gasteiger partial charge in [0.25, 0.3) is 5.91 Å². The van der Waals surface area contributed by atoms with E-state index in [0.717, 1.165) is 5.56 Å². The average Bonchev–Trinajstić information content (AvgIpc) is 2.44. The first-order valence-corrected chi connectivity index (χ1v) is 6.59. The Bertz CT molecular complexity index is 540. The van der Waals surface area contributed by atoms with Crippen molar-refractivity contribution in [2.75, 3.05) is 26.3 Å². The second-order valence-electron chi connectivity index (χ2n) is 5.26.